The maximum absolute atomic E-state index is 12.0. The molecule has 1 aliphatic rings. The van der Waals surface area contributed by atoms with E-state index in [1.807, 2.05) is 30.3 Å². The van der Waals surface area contributed by atoms with Gasteiger partial charge in [0.25, 0.3) is 0 Å². The lowest BCUT2D eigenvalue weighted by molar-refractivity contribution is -0.120. The Morgan fingerprint density at radius 1 is 1.08 bits per heavy atom. The molecule has 0 aromatic heterocycles. The number of hydrogen-bond acceptors (Lipinski definition) is 5. The summed E-state index contributed by atoms with van der Waals surface area (Å²) in [6, 6.07) is 13.0. The molecule has 7 heteroatoms. The van der Waals surface area contributed by atoms with Crippen LogP contribution in [0.3, 0.4) is 0 Å². The van der Waals surface area contributed by atoms with Gasteiger partial charge in [0.1, 0.15) is 32.2 Å². The van der Waals surface area contributed by atoms with Crippen molar-refractivity contribution in [3.63, 3.8) is 0 Å². The molecule has 3 rings (SSSR count). The zero-order valence-electron chi connectivity index (χ0n) is 13.5. The highest BCUT2D eigenvalue weighted by Gasteiger charge is 2.16. The lowest BCUT2D eigenvalue weighted by Crippen LogP contribution is -2.21. The molecule has 1 heterocycles. The summed E-state index contributed by atoms with van der Waals surface area (Å²) >= 11 is 3.41. The zero-order valence-corrected chi connectivity index (χ0v) is 15.1. The summed E-state index contributed by atoms with van der Waals surface area (Å²) < 4.78 is 22.5. The van der Waals surface area contributed by atoms with E-state index in [2.05, 4.69) is 21.2 Å². The van der Waals surface area contributed by atoms with Crippen molar-refractivity contribution in [2.75, 3.05) is 38.4 Å². The van der Waals surface area contributed by atoms with Crippen LogP contribution in [0.25, 0.3) is 0 Å². The standard InChI is InChI=1S/C18H18BrNO5/c19-14-10-16-17(25-9-8-24-16)11-15(14)20-18(21)12-22-6-7-23-13-4-2-1-3-5-13/h1-5,10-11H,6-9,12H2,(H,20,21). The van der Waals surface area contributed by atoms with E-state index in [0.717, 1.165) is 10.2 Å². The highest BCUT2D eigenvalue weighted by atomic mass is 79.9. The minimum atomic E-state index is -0.253. The number of amides is 1. The third kappa shape index (κ3) is 5.11. The van der Waals surface area contributed by atoms with Crippen molar-refractivity contribution >= 4 is 27.5 Å². The number of anilines is 1. The first-order valence-corrected chi connectivity index (χ1v) is 8.66. The van der Waals surface area contributed by atoms with E-state index in [1.54, 1.807) is 12.1 Å². The van der Waals surface area contributed by atoms with Crippen LogP contribution in [0.2, 0.25) is 0 Å². The van der Waals surface area contributed by atoms with Crippen molar-refractivity contribution in [2.24, 2.45) is 0 Å². The average molecular weight is 408 g/mol. The second-order valence-corrected chi connectivity index (χ2v) is 6.09. The average Bonchev–Trinajstić information content (AvgIpc) is 2.63. The minimum Gasteiger partial charge on any atom is -0.491 e. The second kappa shape index (κ2) is 8.73. The molecule has 0 aliphatic carbocycles. The first-order chi connectivity index (χ1) is 12.2. The summed E-state index contributed by atoms with van der Waals surface area (Å²) in [4.78, 5) is 12.0. The molecule has 1 aliphatic heterocycles. The van der Waals surface area contributed by atoms with Crippen molar-refractivity contribution < 1.29 is 23.7 Å². The Morgan fingerprint density at radius 3 is 2.56 bits per heavy atom. The maximum Gasteiger partial charge on any atom is 0.250 e. The van der Waals surface area contributed by atoms with Gasteiger partial charge in [0.15, 0.2) is 11.5 Å². The molecular weight excluding hydrogens is 390 g/mol. The topological polar surface area (TPSA) is 66.0 Å². The minimum absolute atomic E-state index is 0.0565. The van der Waals surface area contributed by atoms with E-state index in [0.29, 0.717) is 43.6 Å². The Hall–Kier alpha value is -2.25. The van der Waals surface area contributed by atoms with Gasteiger partial charge in [0, 0.05) is 16.6 Å². The number of fused-ring (bicyclic) bond motifs is 1. The van der Waals surface area contributed by atoms with E-state index in [9.17, 15) is 4.79 Å². The number of hydrogen-bond donors (Lipinski definition) is 1. The van der Waals surface area contributed by atoms with Crippen molar-refractivity contribution in [1.82, 2.24) is 0 Å². The monoisotopic (exact) mass is 407 g/mol. The molecule has 25 heavy (non-hydrogen) atoms. The molecule has 0 atom stereocenters. The van der Waals surface area contributed by atoms with Crippen molar-refractivity contribution in [2.45, 2.75) is 0 Å². The Kier molecular flexibility index (Phi) is 6.14. The molecule has 0 spiro atoms. The van der Waals surface area contributed by atoms with Crippen LogP contribution in [0.4, 0.5) is 5.69 Å². The lowest BCUT2D eigenvalue weighted by Gasteiger charge is -2.20. The zero-order chi connectivity index (χ0) is 17.5. The van der Waals surface area contributed by atoms with Crippen LogP contribution in [0.1, 0.15) is 0 Å². The fourth-order valence-electron chi connectivity index (χ4n) is 2.25. The molecule has 1 amide bonds. The van der Waals surface area contributed by atoms with Gasteiger partial charge in [-0.2, -0.15) is 0 Å². The molecule has 0 saturated carbocycles. The van der Waals surface area contributed by atoms with Gasteiger partial charge in [-0.25, -0.2) is 0 Å². The lowest BCUT2D eigenvalue weighted by atomic mass is 10.2. The van der Waals surface area contributed by atoms with Crippen LogP contribution in [0.5, 0.6) is 17.2 Å². The molecule has 0 saturated heterocycles. The van der Waals surface area contributed by atoms with E-state index < -0.39 is 0 Å². The molecule has 132 valence electrons. The van der Waals surface area contributed by atoms with Gasteiger partial charge in [-0.05, 0) is 28.1 Å². The first-order valence-electron chi connectivity index (χ1n) is 7.87. The van der Waals surface area contributed by atoms with E-state index in [4.69, 9.17) is 18.9 Å². The van der Waals surface area contributed by atoms with Crippen molar-refractivity contribution in [1.29, 1.82) is 0 Å². The summed E-state index contributed by atoms with van der Waals surface area (Å²) in [7, 11) is 0. The Balaban J connectivity index is 1.42. The fourth-order valence-corrected chi connectivity index (χ4v) is 2.67. The predicted molar refractivity (Wildman–Crippen MR) is 96.5 cm³/mol. The Bertz CT molecular complexity index is 723. The van der Waals surface area contributed by atoms with Gasteiger partial charge in [0.2, 0.25) is 5.91 Å². The number of carbonyl (C=O) groups excluding carboxylic acids is 1. The largest absolute Gasteiger partial charge is 0.491 e. The van der Waals surface area contributed by atoms with Crippen LogP contribution in [0, 0.1) is 0 Å². The highest BCUT2D eigenvalue weighted by molar-refractivity contribution is 9.10. The van der Waals surface area contributed by atoms with E-state index in [1.165, 1.54) is 0 Å². The first kappa shape index (κ1) is 17.6. The number of nitrogens with one attached hydrogen (secondary N) is 1. The van der Waals surface area contributed by atoms with Crippen molar-refractivity contribution in [3.8, 4) is 17.2 Å². The number of rotatable bonds is 7. The van der Waals surface area contributed by atoms with Crippen LogP contribution in [0.15, 0.2) is 46.9 Å². The summed E-state index contributed by atoms with van der Waals surface area (Å²) in [6.07, 6.45) is 0. The Labute approximate surface area is 154 Å². The van der Waals surface area contributed by atoms with Crippen LogP contribution >= 0.6 is 15.9 Å². The smallest absolute Gasteiger partial charge is 0.250 e. The van der Waals surface area contributed by atoms with E-state index >= 15 is 0 Å². The third-order valence-electron chi connectivity index (χ3n) is 3.38. The summed E-state index contributed by atoms with van der Waals surface area (Å²) in [5.41, 5.74) is 0.610. The molecule has 0 unspecified atom stereocenters. The predicted octanol–water partition coefficient (Wildman–Crippen LogP) is 3.25. The molecular formula is C18H18BrNO5. The number of ether oxygens (including phenoxy) is 4. The summed E-state index contributed by atoms with van der Waals surface area (Å²) in [6.45, 7) is 1.66. The summed E-state index contributed by atoms with van der Waals surface area (Å²) in [5, 5.41) is 2.78. The molecule has 2 aromatic carbocycles. The van der Waals surface area contributed by atoms with E-state index in [-0.39, 0.29) is 12.5 Å². The Morgan fingerprint density at radius 2 is 1.80 bits per heavy atom. The third-order valence-corrected chi connectivity index (χ3v) is 4.03. The number of halogens is 1. The normalized spacial score (nSPS) is 12.5. The van der Waals surface area contributed by atoms with Gasteiger partial charge >= 0.3 is 0 Å². The molecule has 2 aromatic rings. The molecule has 0 radical (unpaired) electrons. The fraction of sp³-hybridized carbons (Fsp3) is 0.278. The summed E-state index contributed by atoms with van der Waals surface area (Å²) in [5.74, 6) is 1.79. The maximum atomic E-state index is 12.0. The van der Waals surface area contributed by atoms with Gasteiger partial charge < -0.3 is 24.3 Å². The second-order valence-electron chi connectivity index (χ2n) is 5.24. The highest BCUT2D eigenvalue weighted by Crippen LogP contribution is 2.38. The van der Waals surface area contributed by atoms with Crippen LogP contribution in [-0.2, 0) is 9.53 Å². The molecule has 0 bridgehead atoms. The van der Waals surface area contributed by atoms with Gasteiger partial charge in [-0.1, -0.05) is 18.2 Å². The van der Waals surface area contributed by atoms with Crippen LogP contribution in [-0.4, -0.2) is 38.9 Å². The molecule has 1 N–H and O–H groups in total. The number of benzene rings is 2. The van der Waals surface area contributed by atoms with Crippen LogP contribution < -0.4 is 19.5 Å². The number of para-hydroxylation sites is 1. The van der Waals surface area contributed by atoms with Gasteiger partial charge in [-0.15, -0.1) is 0 Å². The van der Waals surface area contributed by atoms with Gasteiger partial charge in [0.05, 0.1) is 12.3 Å². The quantitative estimate of drug-likeness (QED) is 0.713. The number of carbonyl (C=O) groups is 1. The SMILES string of the molecule is O=C(COCCOc1ccccc1)Nc1cc2c(cc1Br)OCCO2. The van der Waals surface area contributed by atoms with Crippen molar-refractivity contribution in [3.05, 3.63) is 46.9 Å². The molecule has 6 nitrogen and oxygen atoms in total. The molecule has 0 fully saturated rings. The van der Waals surface area contributed by atoms with Gasteiger partial charge in [-0.3, -0.25) is 4.79 Å².